The summed E-state index contributed by atoms with van der Waals surface area (Å²) in [6.45, 7) is 0. The topological polar surface area (TPSA) is 111 Å². The number of nitrogens with one attached hydrogen (secondary N) is 2. The van der Waals surface area contributed by atoms with E-state index in [4.69, 9.17) is 0 Å². The van der Waals surface area contributed by atoms with Gasteiger partial charge in [-0.2, -0.15) is 0 Å². The first-order chi connectivity index (χ1) is 18.4. The zero-order chi connectivity index (χ0) is 26.8. The van der Waals surface area contributed by atoms with Gasteiger partial charge in [0.25, 0.3) is 11.8 Å². The number of carbonyl (C=O) groups excluding carboxylic acids is 4. The van der Waals surface area contributed by atoms with E-state index in [-0.39, 0.29) is 11.8 Å². The first-order valence-electron chi connectivity index (χ1n) is 12.2. The summed E-state index contributed by atoms with van der Waals surface area (Å²) in [5.74, 6) is -1.26. The van der Waals surface area contributed by atoms with Crippen LogP contribution in [0.4, 0.5) is 0 Å². The highest BCUT2D eigenvalue weighted by molar-refractivity contribution is 6.04. The molecule has 0 radical (unpaired) electrons. The van der Waals surface area contributed by atoms with Gasteiger partial charge in [0.1, 0.15) is 12.1 Å². The minimum Gasteiger partial charge on any atom is -0.467 e. The van der Waals surface area contributed by atoms with Crippen LogP contribution >= 0.6 is 0 Å². The van der Waals surface area contributed by atoms with Gasteiger partial charge in [0.15, 0.2) is 0 Å². The smallest absolute Gasteiger partial charge is 0.328 e. The largest absolute Gasteiger partial charge is 0.467 e. The van der Waals surface area contributed by atoms with Crippen LogP contribution in [0.1, 0.15) is 31.8 Å². The molecular formula is C30H26N2O6. The van der Waals surface area contributed by atoms with Crippen molar-refractivity contribution in [2.24, 2.45) is 0 Å². The van der Waals surface area contributed by atoms with Crippen molar-refractivity contribution >= 4 is 45.3 Å². The van der Waals surface area contributed by atoms with E-state index < -0.39 is 24.0 Å². The molecule has 8 nitrogen and oxygen atoms in total. The molecule has 2 amide bonds. The van der Waals surface area contributed by atoms with E-state index in [0.717, 1.165) is 32.7 Å². The first-order valence-corrected chi connectivity index (χ1v) is 12.2. The Hall–Kier alpha value is -4.72. The van der Waals surface area contributed by atoms with Crippen LogP contribution in [0, 0.1) is 0 Å². The number of hydrogen-bond donors (Lipinski definition) is 2. The standard InChI is InChI=1S/2C15H13NO3/c2*1-19-15(18)13-8-11-6-9-4-2-3-5-10(9)7-12(11)14(17)16-13/h2*2-7,13H,8H2,1H3,(H,16,17)/t2*13-/m11/s1. The maximum atomic E-state index is 12.0. The molecule has 38 heavy (non-hydrogen) atoms. The van der Waals surface area contributed by atoms with E-state index in [2.05, 4.69) is 20.1 Å². The van der Waals surface area contributed by atoms with Gasteiger partial charge in [-0.3, -0.25) is 9.59 Å². The van der Waals surface area contributed by atoms with Crippen LogP contribution in [0.5, 0.6) is 0 Å². The molecule has 2 N–H and O–H groups in total. The summed E-state index contributed by atoms with van der Waals surface area (Å²) < 4.78 is 9.37. The van der Waals surface area contributed by atoms with E-state index in [1.165, 1.54) is 14.2 Å². The van der Waals surface area contributed by atoms with Crippen LogP contribution in [-0.2, 0) is 31.9 Å². The molecule has 8 heteroatoms. The lowest BCUT2D eigenvalue weighted by molar-refractivity contribution is -0.143. The van der Waals surface area contributed by atoms with E-state index in [9.17, 15) is 19.2 Å². The van der Waals surface area contributed by atoms with Crippen molar-refractivity contribution in [1.29, 1.82) is 0 Å². The van der Waals surface area contributed by atoms with Gasteiger partial charge >= 0.3 is 11.9 Å². The number of esters is 2. The zero-order valence-electron chi connectivity index (χ0n) is 20.9. The Morgan fingerprint density at radius 1 is 0.632 bits per heavy atom. The first kappa shape index (κ1) is 25.0. The summed E-state index contributed by atoms with van der Waals surface area (Å²) in [6.07, 6.45) is 0.942. The third kappa shape index (κ3) is 4.80. The number of carbonyl (C=O) groups is 4. The van der Waals surface area contributed by atoms with Gasteiger partial charge in [-0.05, 0) is 44.8 Å². The number of fused-ring (bicyclic) bond motifs is 4. The zero-order valence-corrected chi connectivity index (χ0v) is 20.9. The van der Waals surface area contributed by atoms with Gasteiger partial charge in [0.05, 0.1) is 14.2 Å². The van der Waals surface area contributed by atoms with Crippen molar-refractivity contribution in [3.8, 4) is 0 Å². The van der Waals surface area contributed by atoms with Crippen molar-refractivity contribution < 1.29 is 28.7 Å². The van der Waals surface area contributed by atoms with Crippen LogP contribution in [0.15, 0.2) is 72.8 Å². The number of benzene rings is 4. The average molecular weight is 511 g/mol. The summed E-state index contributed by atoms with van der Waals surface area (Å²) in [7, 11) is 2.65. The molecule has 4 aromatic rings. The predicted octanol–water partition coefficient (Wildman–Crippen LogP) is 3.33. The summed E-state index contributed by atoms with van der Waals surface area (Å²) in [6, 6.07) is 22.2. The molecule has 2 aliphatic rings. The number of amides is 2. The lowest BCUT2D eigenvalue weighted by atomic mass is 9.92. The van der Waals surface area contributed by atoms with Crippen LogP contribution in [0.3, 0.4) is 0 Å². The van der Waals surface area contributed by atoms with E-state index >= 15 is 0 Å². The molecule has 0 aliphatic carbocycles. The fraction of sp³-hybridized carbons (Fsp3) is 0.200. The van der Waals surface area contributed by atoms with Gasteiger partial charge in [0.2, 0.25) is 0 Å². The van der Waals surface area contributed by atoms with E-state index in [1.54, 1.807) is 0 Å². The number of ether oxygens (including phenoxy) is 2. The van der Waals surface area contributed by atoms with Crippen molar-refractivity contribution in [3.05, 3.63) is 95.1 Å². The highest BCUT2D eigenvalue weighted by atomic mass is 16.5. The van der Waals surface area contributed by atoms with Gasteiger partial charge in [-0.1, -0.05) is 60.7 Å². The van der Waals surface area contributed by atoms with Crippen molar-refractivity contribution in [2.45, 2.75) is 24.9 Å². The lowest BCUT2D eigenvalue weighted by Gasteiger charge is -2.24. The fourth-order valence-electron chi connectivity index (χ4n) is 4.92. The molecule has 0 fully saturated rings. The Labute approximate surface area is 218 Å². The minimum absolute atomic E-state index is 0.220. The Bertz CT molecular complexity index is 1480. The Morgan fingerprint density at radius 2 is 0.974 bits per heavy atom. The molecule has 4 aromatic carbocycles. The second kappa shape index (κ2) is 10.3. The summed E-state index contributed by atoms with van der Waals surface area (Å²) in [5, 5.41) is 9.53. The molecule has 6 rings (SSSR count). The molecule has 0 saturated carbocycles. The van der Waals surface area contributed by atoms with Crippen LogP contribution in [-0.4, -0.2) is 50.1 Å². The Kier molecular flexibility index (Phi) is 6.79. The fourth-order valence-corrected chi connectivity index (χ4v) is 4.92. The summed E-state index contributed by atoms with van der Waals surface area (Å²) >= 11 is 0. The molecule has 0 aromatic heterocycles. The average Bonchev–Trinajstić information content (AvgIpc) is 2.94. The van der Waals surface area contributed by atoms with Crippen molar-refractivity contribution in [1.82, 2.24) is 10.6 Å². The predicted molar refractivity (Wildman–Crippen MR) is 142 cm³/mol. The molecule has 0 spiro atoms. The number of rotatable bonds is 2. The Morgan fingerprint density at radius 3 is 1.32 bits per heavy atom. The highest BCUT2D eigenvalue weighted by Crippen LogP contribution is 2.25. The summed E-state index contributed by atoms with van der Waals surface area (Å²) in [5.41, 5.74) is 3.05. The van der Waals surface area contributed by atoms with Gasteiger partial charge in [0, 0.05) is 24.0 Å². The third-order valence-electron chi connectivity index (χ3n) is 6.86. The quantitative estimate of drug-likeness (QED) is 0.400. The van der Waals surface area contributed by atoms with Gasteiger partial charge < -0.3 is 20.1 Å². The molecule has 2 atom stereocenters. The second-order valence-electron chi connectivity index (χ2n) is 9.22. The van der Waals surface area contributed by atoms with Crippen LogP contribution in [0.25, 0.3) is 21.5 Å². The normalized spacial score (nSPS) is 17.7. The van der Waals surface area contributed by atoms with Gasteiger partial charge in [-0.15, -0.1) is 0 Å². The molecule has 2 aliphatic heterocycles. The number of methoxy groups -OCH3 is 2. The molecule has 0 saturated heterocycles. The number of hydrogen-bond acceptors (Lipinski definition) is 6. The maximum Gasteiger partial charge on any atom is 0.328 e. The SMILES string of the molecule is COC(=O)[C@H]1Cc2cc3ccccc3cc2C(=O)N1.COC(=O)[C@H]1Cc2cc3ccccc3cc2C(=O)N1. The van der Waals surface area contributed by atoms with Crippen LogP contribution < -0.4 is 10.6 Å². The molecule has 0 bridgehead atoms. The monoisotopic (exact) mass is 510 g/mol. The minimum atomic E-state index is -0.592. The van der Waals surface area contributed by atoms with E-state index in [1.807, 2.05) is 72.8 Å². The lowest BCUT2D eigenvalue weighted by Crippen LogP contribution is -2.46. The molecular weight excluding hydrogens is 484 g/mol. The molecule has 0 unspecified atom stereocenters. The van der Waals surface area contributed by atoms with Crippen LogP contribution in [0.2, 0.25) is 0 Å². The third-order valence-corrected chi connectivity index (χ3v) is 6.86. The van der Waals surface area contributed by atoms with Crippen molar-refractivity contribution in [2.75, 3.05) is 14.2 Å². The van der Waals surface area contributed by atoms with Crippen molar-refractivity contribution in [3.63, 3.8) is 0 Å². The Balaban J connectivity index is 0.000000155. The summed E-state index contributed by atoms with van der Waals surface area (Å²) in [4.78, 5) is 47.2. The highest BCUT2D eigenvalue weighted by Gasteiger charge is 2.31. The second-order valence-corrected chi connectivity index (χ2v) is 9.22. The van der Waals surface area contributed by atoms with Gasteiger partial charge in [-0.25, -0.2) is 9.59 Å². The molecule has 192 valence electrons. The molecule has 2 heterocycles. The maximum absolute atomic E-state index is 12.0. The van der Waals surface area contributed by atoms with E-state index in [0.29, 0.717) is 24.0 Å².